The topological polar surface area (TPSA) is 106 Å². The molecule has 0 aliphatic carbocycles. The maximum absolute atomic E-state index is 6.35. The van der Waals surface area contributed by atoms with Gasteiger partial charge in [0.05, 0.1) is 5.41 Å². The molecule has 0 aliphatic heterocycles. The number of hydrogen-bond donors (Lipinski definition) is 3. The zero-order chi connectivity index (χ0) is 41.0. The Bertz CT molecular complexity index is 744. The van der Waals surface area contributed by atoms with E-state index < -0.39 is 5.97 Å². The third-order valence-corrected chi connectivity index (χ3v) is 14.8. The summed E-state index contributed by atoms with van der Waals surface area (Å²) in [7, 11) is 5.41. The first-order valence-corrected chi connectivity index (χ1v) is 23.9. The van der Waals surface area contributed by atoms with Crippen LogP contribution in [0.2, 0.25) is 0 Å². The highest BCUT2D eigenvalue weighted by molar-refractivity contribution is 4.95. The Morgan fingerprint density at radius 1 is 0.389 bits per heavy atom. The fourth-order valence-corrected chi connectivity index (χ4v) is 10.2. The summed E-state index contributed by atoms with van der Waals surface area (Å²) < 4.78 is 19.0. The van der Waals surface area contributed by atoms with Gasteiger partial charge in [-0.2, -0.15) is 0 Å². The van der Waals surface area contributed by atoms with E-state index in [9.17, 15) is 0 Å². The van der Waals surface area contributed by atoms with Crippen molar-refractivity contribution >= 4 is 0 Å². The summed E-state index contributed by atoms with van der Waals surface area (Å²) in [5.41, 5.74) is 7.23. The van der Waals surface area contributed by atoms with Crippen LogP contribution < -0.4 is 17.4 Å². The van der Waals surface area contributed by atoms with Crippen LogP contribution >= 0.6 is 0 Å². The second-order valence-corrected chi connectivity index (χ2v) is 17.2. The van der Waals surface area contributed by atoms with E-state index in [-0.39, 0.29) is 5.41 Å². The van der Waals surface area contributed by atoms with Crippen LogP contribution in [0.5, 0.6) is 0 Å². The second kappa shape index (κ2) is 35.9. The number of hydrazine groups is 1. The molecule has 6 heteroatoms. The molecule has 0 aromatic carbocycles. The maximum atomic E-state index is 6.35. The van der Waals surface area contributed by atoms with Gasteiger partial charge in [-0.05, 0) is 68.2 Å². The molecule has 2 unspecified atom stereocenters. The van der Waals surface area contributed by atoms with Crippen molar-refractivity contribution in [2.24, 2.45) is 39.6 Å². The van der Waals surface area contributed by atoms with Crippen LogP contribution in [-0.2, 0) is 14.2 Å². The summed E-state index contributed by atoms with van der Waals surface area (Å²) in [4.78, 5) is 0. The van der Waals surface area contributed by atoms with E-state index in [1.54, 1.807) is 21.3 Å². The average molecular weight is 770 g/mol. The van der Waals surface area contributed by atoms with E-state index in [1.165, 1.54) is 186 Å². The highest BCUT2D eigenvalue weighted by atomic mass is 16.9. The maximum Gasteiger partial charge on any atom is 0.288 e. The Morgan fingerprint density at radius 2 is 0.685 bits per heavy atom. The minimum atomic E-state index is -1.04. The number of methoxy groups -OCH3 is 3. The fraction of sp³-hybridized carbons (Fsp3) is 1.00. The molecule has 6 N–H and O–H groups in total. The number of hydrogen-bond acceptors (Lipinski definition) is 6. The molecule has 0 aromatic rings. The first kappa shape index (κ1) is 55.9. The van der Waals surface area contributed by atoms with Crippen LogP contribution in [0.15, 0.2) is 0 Å². The van der Waals surface area contributed by atoms with Crippen molar-refractivity contribution in [3.8, 4) is 0 Å². The summed E-state index contributed by atoms with van der Waals surface area (Å²) in [6.45, 7) is 17.4. The molecule has 0 heterocycles. The number of rotatable bonds is 40. The number of ether oxygens (including phenoxy) is 3. The van der Waals surface area contributed by atoms with Gasteiger partial charge in [0.1, 0.15) is 0 Å². The summed E-state index contributed by atoms with van der Waals surface area (Å²) in [5.74, 6) is 7.47. The van der Waals surface area contributed by atoms with Gasteiger partial charge in [-0.25, -0.2) is 0 Å². The van der Waals surface area contributed by atoms with Gasteiger partial charge in [0.15, 0.2) is 0 Å². The van der Waals surface area contributed by atoms with E-state index >= 15 is 0 Å². The first-order chi connectivity index (χ1) is 26.2. The van der Waals surface area contributed by atoms with Crippen molar-refractivity contribution in [2.75, 3.05) is 27.9 Å². The lowest BCUT2D eigenvalue weighted by atomic mass is 9.63. The summed E-state index contributed by atoms with van der Waals surface area (Å²) in [6.07, 6.45) is 41.8. The SMILES string of the molecule is CCCCCCCC(CCCCCCCCCC(CC)(CC)CC)C(CCCN)(CCCCCCCCCC(CC)(CC)CC)C(OC)(OC)OC.NN. The van der Waals surface area contributed by atoms with Gasteiger partial charge in [0.25, 0.3) is 5.97 Å². The number of nitrogens with two attached hydrogens (primary N) is 3. The van der Waals surface area contributed by atoms with Crippen LogP contribution in [0.4, 0.5) is 0 Å². The van der Waals surface area contributed by atoms with Crippen molar-refractivity contribution in [1.82, 2.24) is 0 Å². The van der Waals surface area contributed by atoms with Crippen molar-refractivity contribution in [1.29, 1.82) is 0 Å². The van der Waals surface area contributed by atoms with Gasteiger partial charge >= 0.3 is 0 Å². The third kappa shape index (κ3) is 20.4. The molecule has 0 saturated carbocycles. The summed E-state index contributed by atoms with van der Waals surface area (Å²) in [6, 6.07) is 0. The molecule has 0 rings (SSSR count). The molecule has 0 bridgehead atoms. The molecule has 0 aromatic heterocycles. The zero-order valence-electron chi connectivity index (χ0n) is 38.9. The normalized spacial score (nSPS) is 14.2. The molecule has 0 amide bonds. The molecule has 0 aliphatic rings. The number of unbranched alkanes of at least 4 members (excludes halogenated alkanes) is 16. The van der Waals surface area contributed by atoms with E-state index in [2.05, 4.69) is 60.2 Å². The summed E-state index contributed by atoms with van der Waals surface area (Å²) >= 11 is 0. The van der Waals surface area contributed by atoms with Crippen LogP contribution in [-0.4, -0.2) is 33.8 Å². The summed E-state index contributed by atoms with van der Waals surface area (Å²) in [5, 5.41) is 0. The van der Waals surface area contributed by atoms with E-state index in [0.29, 0.717) is 23.3 Å². The largest absolute Gasteiger partial charge is 0.330 e. The van der Waals surface area contributed by atoms with Gasteiger partial charge < -0.3 is 19.9 Å². The van der Waals surface area contributed by atoms with Crippen molar-refractivity contribution in [3.05, 3.63) is 0 Å². The molecular formula is C48H103N3O3. The van der Waals surface area contributed by atoms with Gasteiger partial charge in [-0.3, -0.25) is 11.7 Å². The lowest BCUT2D eigenvalue weighted by molar-refractivity contribution is -0.420. The quantitative estimate of drug-likeness (QED) is 0.0248. The molecule has 0 radical (unpaired) electrons. The molecule has 0 saturated heterocycles. The Kier molecular flexibility index (Phi) is 37.1. The highest BCUT2D eigenvalue weighted by Gasteiger charge is 2.56. The lowest BCUT2D eigenvalue weighted by Crippen LogP contribution is -2.57. The van der Waals surface area contributed by atoms with Crippen LogP contribution in [0, 0.1) is 22.2 Å². The zero-order valence-corrected chi connectivity index (χ0v) is 38.9. The standard InChI is InChI=1S/C48H99NO3.H4N2/c1-11-18-19-26-31-37-44(38-32-27-22-20-23-28-33-39-45(12-2,13-3)14-4)47(42-36-43-49,48(50-8,51-9)52-10)41-35-30-25-21-24-29-34-40-46(15-5,16-6)17-7;1-2/h44H,11-43,49H2,1-10H3;1-2H2. The van der Waals surface area contributed by atoms with Crippen LogP contribution in [0.3, 0.4) is 0 Å². The van der Waals surface area contributed by atoms with E-state index in [1.807, 2.05) is 0 Å². The smallest absolute Gasteiger partial charge is 0.288 e. The Labute approximate surface area is 340 Å². The van der Waals surface area contributed by atoms with E-state index in [4.69, 9.17) is 19.9 Å². The van der Waals surface area contributed by atoms with Gasteiger partial charge in [-0.15, -0.1) is 0 Å². The minimum absolute atomic E-state index is 0.205. The fourth-order valence-electron chi connectivity index (χ4n) is 10.2. The van der Waals surface area contributed by atoms with Gasteiger partial charge in [0, 0.05) is 21.3 Å². The average Bonchev–Trinajstić information content (AvgIpc) is 3.22. The van der Waals surface area contributed by atoms with Gasteiger partial charge in [-0.1, -0.05) is 209 Å². The molecule has 54 heavy (non-hydrogen) atoms. The molecule has 6 nitrogen and oxygen atoms in total. The Morgan fingerprint density at radius 3 is 1.00 bits per heavy atom. The Balaban J connectivity index is 0. The van der Waals surface area contributed by atoms with Crippen LogP contribution in [0.25, 0.3) is 0 Å². The molecule has 2 atom stereocenters. The molecule has 0 fully saturated rings. The van der Waals surface area contributed by atoms with Crippen molar-refractivity contribution in [3.63, 3.8) is 0 Å². The second-order valence-electron chi connectivity index (χ2n) is 17.2. The molecule has 0 spiro atoms. The Hall–Kier alpha value is -0.240. The molecular weight excluding hydrogens is 667 g/mol. The van der Waals surface area contributed by atoms with Crippen molar-refractivity contribution in [2.45, 2.75) is 260 Å². The monoisotopic (exact) mass is 770 g/mol. The van der Waals surface area contributed by atoms with Crippen LogP contribution in [0.1, 0.15) is 254 Å². The third-order valence-electron chi connectivity index (χ3n) is 14.8. The predicted octanol–water partition coefficient (Wildman–Crippen LogP) is 14.6. The lowest BCUT2D eigenvalue weighted by Gasteiger charge is -2.52. The van der Waals surface area contributed by atoms with Crippen molar-refractivity contribution < 1.29 is 14.2 Å². The van der Waals surface area contributed by atoms with E-state index in [0.717, 1.165) is 19.3 Å². The minimum Gasteiger partial charge on any atom is -0.330 e. The first-order valence-electron chi connectivity index (χ1n) is 23.9. The highest BCUT2D eigenvalue weighted by Crippen LogP contribution is 2.53. The van der Waals surface area contributed by atoms with Gasteiger partial charge in [0.2, 0.25) is 0 Å². The molecule has 328 valence electrons. The predicted molar refractivity (Wildman–Crippen MR) is 239 cm³/mol.